The number of halogens is 1. The van der Waals surface area contributed by atoms with Crippen LogP contribution in [0.2, 0.25) is 0 Å². The Morgan fingerprint density at radius 3 is 2.46 bits per heavy atom. The molecule has 1 N–H and O–H groups in total. The third-order valence-corrected chi connectivity index (χ3v) is 4.66. The van der Waals surface area contributed by atoms with Crippen molar-refractivity contribution in [2.45, 2.75) is 19.3 Å². The molecule has 0 radical (unpaired) electrons. The second kappa shape index (κ2) is 6.61. The number of Topliss-reactive ketones (excluding diaryl/α,β-unsaturated/α-hetero) is 1. The second-order valence-electron chi connectivity index (χ2n) is 5.72. The minimum absolute atomic E-state index is 0.132. The summed E-state index contributed by atoms with van der Waals surface area (Å²) < 4.78 is 0.864. The lowest BCUT2D eigenvalue weighted by molar-refractivity contribution is -0.307. The number of para-hydroxylation sites is 1. The van der Waals surface area contributed by atoms with Crippen molar-refractivity contribution < 1.29 is 14.7 Å². The van der Waals surface area contributed by atoms with Crippen molar-refractivity contribution >= 4 is 38.6 Å². The lowest BCUT2D eigenvalue weighted by Gasteiger charge is -2.18. The maximum Gasteiger partial charge on any atom is 0.163 e. The Bertz CT molecular complexity index is 912. The number of fused-ring (bicyclic) bond motifs is 1. The summed E-state index contributed by atoms with van der Waals surface area (Å²) in [5.74, 6) is -2.45. The van der Waals surface area contributed by atoms with Crippen molar-refractivity contribution in [3.63, 3.8) is 0 Å². The normalized spacial score (nSPS) is 12.2. The summed E-state index contributed by atoms with van der Waals surface area (Å²) in [6.07, 6.45) is -0.132. The van der Waals surface area contributed by atoms with Gasteiger partial charge in [-0.05, 0) is 30.7 Å². The van der Waals surface area contributed by atoms with Gasteiger partial charge in [-0.1, -0.05) is 46.3 Å². The minimum atomic E-state index is -1.24. The van der Waals surface area contributed by atoms with E-state index in [0.717, 1.165) is 21.1 Å². The zero-order chi connectivity index (χ0) is 17.3. The number of hydrogen-bond acceptors (Lipinski definition) is 3. The molecule has 0 amide bonds. The third-order valence-electron chi connectivity index (χ3n) is 4.13. The van der Waals surface area contributed by atoms with E-state index in [-0.39, 0.29) is 12.2 Å². The molecule has 1 aromatic heterocycles. The summed E-state index contributed by atoms with van der Waals surface area (Å²) in [5.41, 5.74) is 2.71. The molecule has 0 aliphatic carbocycles. The number of carboxylic acid groups (broad SMARTS) is 1. The number of rotatable bonds is 5. The quantitative estimate of drug-likeness (QED) is 0.685. The number of benzene rings is 2. The molecule has 0 saturated heterocycles. The number of aliphatic carboxylic acids is 1. The van der Waals surface area contributed by atoms with Crippen LogP contribution in [-0.4, -0.2) is 16.7 Å². The van der Waals surface area contributed by atoms with Crippen LogP contribution in [0.1, 0.15) is 34.0 Å². The van der Waals surface area contributed by atoms with Crippen LogP contribution in [0.5, 0.6) is 0 Å². The van der Waals surface area contributed by atoms with E-state index in [4.69, 9.17) is 0 Å². The maximum absolute atomic E-state index is 12.5. The van der Waals surface area contributed by atoms with Gasteiger partial charge in [0.15, 0.2) is 5.78 Å². The van der Waals surface area contributed by atoms with E-state index in [1.54, 1.807) is 24.3 Å². The molecule has 122 valence electrons. The van der Waals surface area contributed by atoms with Crippen LogP contribution in [0.15, 0.2) is 53.0 Å². The van der Waals surface area contributed by atoms with Crippen LogP contribution in [0, 0.1) is 6.92 Å². The average molecular weight is 385 g/mol. The molecule has 0 bridgehead atoms. The van der Waals surface area contributed by atoms with Gasteiger partial charge in [-0.2, -0.15) is 0 Å². The number of H-pyrrole nitrogens is 1. The van der Waals surface area contributed by atoms with Crippen LogP contribution in [-0.2, 0) is 4.79 Å². The minimum Gasteiger partial charge on any atom is -0.549 e. The molecule has 0 spiro atoms. The summed E-state index contributed by atoms with van der Waals surface area (Å²) in [7, 11) is 0. The number of aryl methyl sites for hydroxylation is 1. The monoisotopic (exact) mass is 384 g/mol. The van der Waals surface area contributed by atoms with Crippen molar-refractivity contribution in [1.82, 2.24) is 4.98 Å². The molecule has 5 heteroatoms. The van der Waals surface area contributed by atoms with E-state index < -0.39 is 11.9 Å². The van der Waals surface area contributed by atoms with Crippen molar-refractivity contribution in [3.8, 4) is 0 Å². The predicted molar refractivity (Wildman–Crippen MR) is 93.9 cm³/mol. The first-order chi connectivity index (χ1) is 11.5. The molecule has 0 fully saturated rings. The molecule has 2 aromatic carbocycles. The molecule has 1 heterocycles. The highest BCUT2D eigenvalue weighted by atomic mass is 79.9. The van der Waals surface area contributed by atoms with Gasteiger partial charge >= 0.3 is 0 Å². The molecule has 24 heavy (non-hydrogen) atoms. The maximum atomic E-state index is 12.5. The smallest absolute Gasteiger partial charge is 0.163 e. The highest BCUT2D eigenvalue weighted by Crippen LogP contribution is 2.32. The molecule has 3 aromatic rings. The topological polar surface area (TPSA) is 73.0 Å². The number of carboxylic acids is 1. The van der Waals surface area contributed by atoms with E-state index in [1.165, 1.54) is 0 Å². The highest BCUT2D eigenvalue weighted by molar-refractivity contribution is 9.10. The van der Waals surface area contributed by atoms with Crippen molar-refractivity contribution in [3.05, 3.63) is 69.8 Å². The Kier molecular flexibility index (Phi) is 4.53. The number of aromatic amines is 1. The first-order valence-electron chi connectivity index (χ1n) is 7.54. The number of carbonyl (C=O) groups is 2. The van der Waals surface area contributed by atoms with Gasteiger partial charge < -0.3 is 14.9 Å². The SMILES string of the molecule is Cc1[nH]c2ccccc2c1[C@H](CC(=O)c1ccc(Br)cc1)C(=O)[O-]. The third kappa shape index (κ3) is 3.12. The Morgan fingerprint density at radius 1 is 1.12 bits per heavy atom. The Morgan fingerprint density at radius 2 is 1.79 bits per heavy atom. The van der Waals surface area contributed by atoms with Crippen molar-refractivity contribution in [2.75, 3.05) is 0 Å². The molecule has 0 aliphatic rings. The largest absolute Gasteiger partial charge is 0.549 e. The molecular weight excluding hydrogens is 370 g/mol. The van der Waals surface area contributed by atoms with E-state index in [9.17, 15) is 14.7 Å². The summed E-state index contributed by atoms with van der Waals surface area (Å²) in [6.45, 7) is 1.81. The Labute approximate surface area is 147 Å². The van der Waals surface area contributed by atoms with E-state index >= 15 is 0 Å². The molecule has 4 nitrogen and oxygen atoms in total. The fraction of sp³-hybridized carbons (Fsp3) is 0.158. The summed E-state index contributed by atoms with van der Waals surface area (Å²) in [5, 5.41) is 12.5. The fourth-order valence-corrected chi connectivity index (χ4v) is 3.25. The van der Waals surface area contributed by atoms with Gasteiger partial charge in [0, 0.05) is 44.9 Å². The zero-order valence-electron chi connectivity index (χ0n) is 13.0. The van der Waals surface area contributed by atoms with Gasteiger partial charge in [0.2, 0.25) is 0 Å². The van der Waals surface area contributed by atoms with Crippen molar-refractivity contribution in [1.29, 1.82) is 0 Å². The van der Waals surface area contributed by atoms with Crippen LogP contribution in [0.4, 0.5) is 0 Å². The predicted octanol–water partition coefficient (Wildman–Crippen LogP) is 3.35. The highest BCUT2D eigenvalue weighted by Gasteiger charge is 2.23. The summed E-state index contributed by atoms with van der Waals surface area (Å²) >= 11 is 3.32. The van der Waals surface area contributed by atoms with Crippen molar-refractivity contribution in [2.24, 2.45) is 0 Å². The molecule has 0 unspecified atom stereocenters. The number of hydrogen-bond donors (Lipinski definition) is 1. The van der Waals surface area contributed by atoms with Crippen LogP contribution in [0.3, 0.4) is 0 Å². The molecule has 0 aliphatic heterocycles. The lowest BCUT2D eigenvalue weighted by atomic mass is 9.89. The number of aromatic nitrogens is 1. The molecule has 0 saturated carbocycles. The van der Waals surface area contributed by atoms with Gasteiger partial charge in [-0.25, -0.2) is 0 Å². The lowest BCUT2D eigenvalue weighted by Crippen LogP contribution is -2.31. The zero-order valence-corrected chi connectivity index (χ0v) is 14.6. The van der Waals surface area contributed by atoms with Gasteiger partial charge in [0.05, 0.1) is 0 Å². The van der Waals surface area contributed by atoms with Gasteiger partial charge in [0.25, 0.3) is 0 Å². The first-order valence-corrected chi connectivity index (χ1v) is 8.33. The van der Waals surface area contributed by atoms with Crippen LogP contribution >= 0.6 is 15.9 Å². The standard InChI is InChI=1S/C19H16BrNO3/c1-11-18(14-4-2-3-5-16(14)21-11)15(19(23)24)10-17(22)12-6-8-13(20)9-7-12/h2-9,15,21H,10H2,1H3,(H,23,24)/p-1/t15-/m0/s1. The van der Waals surface area contributed by atoms with E-state index in [2.05, 4.69) is 20.9 Å². The Hall–Kier alpha value is -2.40. The number of ketones is 1. The summed E-state index contributed by atoms with van der Waals surface area (Å²) in [4.78, 5) is 27.4. The van der Waals surface area contributed by atoms with E-state index in [1.807, 2.05) is 31.2 Å². The van der Waals surface area contributed by atoms with E-state index in [0.29, 0.717) is 11.1 Å². The van der Waals surface area contributed by atoms with Crippen LogP contribution < -0.4 is 5.11 Å². The van der Waals surface area contributed by atoms with Gasteiger partial charge in [0.1, 0.15) is 0 Å². The second-order valence-corrected chi connectivity index (χ2v) is 6.63. The Balaban J connectivity index is 1.98. The number of nitrogens with one attached hydrogen (secondary N) is 1. The molecular formula is C19H15BrNO3-. The van der Waals surface area contributed by atoms with Gasteiger partial charge in [-0.3, -0.25) is 4.79 Å². The molecule has 3 rings (SSSR count). The number of carbonyl (C=O) groups excluding carboxylic acids is 2. The summed E-state index contributed by atoms with van der Waals surface area (Å²) in [6, 6.07) is 14.4. The average Bonchev–Trinajstić information content (AvgIpc) is 2.88. The molecule has 1 atom stereocenters. The fourth-order valence-electron chi connectivity index (χ4n) is 2.99. The van der Waals surface area contributed by atoms with Gasteiger partial charge in [-0.15, -0.1) is 0 Å². The van der Waals surface area contributed by atoms with Crippen LogP contribution in [0.25, 0.3) is 10.9 Å². The first kappa shape index (κ1) is 16.5.